The van der Waals surface area contributed by atoms with Crippen LogP contribution < -0.4 is 0 Å². The van der Waals surface area contributed by atoms with Gasteiger partial charge in [0.1, 0.15) is 9.42 Å². The summed E-state index contributed by atoms with van der Waals surface area (Å²) in [5, 5.41) is 12.6. The van der Waals surface area contributed by atoms with Crippen LogP contribution in [-0.4, -0.2) is 19.4 Å². The van der Waals surface area contributed by atoms with Crippen molar-refractivity contribution in [1.29, 1.82) is 0 Å². The average molecular weight is 320 g/mol. The van der Waals surface area contributed by atoms with E-state index in [1.807, 2.05) is 13.8 Å². The van der Waals surface area contributed by atoms with Gasteiger partial charge in [-0.15, -0.1) is 0 Å². The first-order valence-corrected chi connectivity index (χ1v) is 7.21. The van der Waals surface area contributed by atoms with Crippen molar-refractivity contribution in [2.75, 3.05) is 0 Å². The summed E-state index contributed by atoms with van der Waals surface area (Å²) < 4.78 is 37.6. The molecule has 1 aliphatic heterocycles. The van der Waals surface area contributed by atoms with Crippen molar-refractivity contribution in [3.8, 4) is 0 Å². The monoisotopic (exact) mass is 320 g/mol. The molecule has 0 spiro atoms. The molecule has 2 rings (SSSR count). The number of hydrogen-bond acceptors (Lipinski definition) is 5. The molecule has 0 saturated carbocycles. The normalized spacial score (nSPS) is 22.6. The molecule has 1 heterocycles. The summed E-state index contributed by atoms with van der Waals surface area (Å²) in [5.41, 5.74) is -0.269. The zero-order chi connectivity index (χ0) is 15.0. The van der Waals surface area contributed by atoms with E-state index in [0.717, 1.165) is 12.1 Å². The molecule has 0 aromatic heterocycles. The van der Waals surface area contributed by atoms with Crippen molar-refractivity contribution < 1.29 is 18.4 Å². The van der Waals surface area contributed by atoms with E-state index in [0.29, 0.717) is 15.1 Å². The number of thioether (sulfide) groups is 2. The molecule has 1 fully saturated rings. The number of benzene rings is 1. The fraction of sp³-hybridized carbons (Fsp3) is 0.333. The van der Waals surface area contributed by atoms with Gasteiger partial charge in [-0.3, -0.25) is 0 Å². The zero-order valence-corrected chi connectivity index (χ0v) is 12.2. The Labute approximate surface area is 122 Å². The number of rotatable bonds is 1. The standard InChI is InChI=1S/C12H11F3N2OS2/c1-11(2)9(17-18)19-10(20-11)16-8-5-3-7(4-6-8)12(13,14)15/h3-6,18H,1-2H3. The maximum Gasteiger partial charge on any atom is 0.416 e. The van der Waals surface area contributed by atoms with Crippen molar-refractivity contribution >= 4 is 38.6 Å². The Morgan fingerprint density at radius 1 is 1.15 bits per heavy atom. The minimum atomic E-state index is -4.35. The van der Waals surface area contributed by atoms with Crippen molar-refractivity contribution in [2.24, 2.45) is 10.1 Å². The van der Waals surface area contributed by atoms with E-state index < -0.39 is 11.7 Å². The molecular formula is C12H11F3N2OS2. The van der Waals surface area contributed by atoms with E-state index in [1.54, 1.807) is 0 Å². The van der Waals surface area contributed by atoms with E-state index in [1.165, 1.54) is 35.7 Å². The van der Waals surface area contributed by atoms with Crippen LogP contribution in [0.2, 0.25) is 0 Å². The first-order chi connectivity index (χ1) is 9.22. The molecule has 0 amide bonds. The highest BCUT2D eigenvalue weighted by molar-refractivity contribution is 8.50. The smallest absolute Gasteiger partial charge is 0.410 e. The molecule has 1 N–H and O–H groups in total. The fourth-order valence-corrected chi connectivity index (χ4v) is 4.10. The molecule has 3 nitrogen and oxygen atoms in total. The minimum Gasteiger partial charge on any atom is -0.410 e. The summed E-state index contributed by atoms with van der Waals surface area (Å²) in [6.07, 6.45) is -4.35. The lowest BCUT2D eigenvalue weighted by molar-refractivity contribution is -0.137. The van der Waals surface area contributed by atoms with Crippen molar-refractivity contribution in [3.05, 3.63) is 29.8 Å². The summed E-state index contributed by atoms with van der Waals surface area (Å²) in [5.74, 6) is 0. The lowest BCUT2D eigenvalue weighted by atomic mass is 10.2. The van der Waals surface area contributed by atoms with E-state index in [2.05, 4.69) is 10.1 Å². The average Bonchev–Trinajstić information content (AvgIpc) is 2.63. The van der Waals surface area contributed by atoms with Crippen LogP contribution in [-0.2, 0) is 6.18 Å². The number of hydrogen-bond donors (Lipinski definition) is 1. The Morgan fingerprint density at radius 2 is 1.75 bits per heavy atom. The SMILES string of the molecule is CC1(C)SC(=Nc2ccc(C(F)(F)F)cc2)SC1=NO. The van der Waals surface area contributed by atoms with Crippen molar-refractivity contribution in [3.63, 3.8) is 0 Å². The number of aliphatic imine (C=N–C) groups is 1. The van der Waals surface area contributed by atoms with Gasteiger partial charge in [0.15, 0.2) is 0 Å². The summed E-state index contributed by atoms with van der Waals surface area (Å²) in [6.45, 7) is 3.77. The summed E-state index contributed by atoms with van der Waals surface area (Å²) >= 11 is 2.62. The highest BCUT2D eigenvalue weighted by Gasteiger charge is 2.38. The largest absolute Gasteiger partial charge is 0.416 e. The van der Waals surface area contributed by atoms with Gasteiger partial charge >= 0.3 is 6.18 Å². The van der Waals surface area contributed by atoms with Gasteiger partial charge in [0.05, 0.1) is 16.0 Å². The highest BCUT2D eigenvalue weighted by atomic mass is 32.2. The first-order valence-electron chi connectivity index (χ1n) is 5.58. The van der Waals surface area contributed by atoms with Crippen LogP contribution in [0.25, 0.3) is 0 Å². The van der Waals surface area contributed by atoms with Crippen LogP contribution in [0.15, 0.2) is 34.4 Å². The third-order valence-corrected chi connectivity index (χ3v) is 5.20. The van der Waals surface area contributed by atoms with Crippen molar-refractivity contribution in [1.82, 2.24) is 0 Å². The molecule has 1 aliphatic rings. The van der Waals surface area contributed by atoms with Crippen LogP contribution in [0.5, 0.6) is 0 Å². The molecule has 1 aromatic rings. The zero-order valence-electron chi connectivity index (χ0n) is 10.6. The third kappa shape index (κ3) is 3.29. The molecule has 1 aromatic carbocycles. The molecule has 0 aliphatic carbocycles. The highest BCUT2D eigenvalue weighted by Crippen LogP contribution is 2.44. The Morgan fingerprint density at radius 3 is 2.20 bits per heavy atom. The molecular weight excluding hydrogens is 309 g/mol. The predicted molar refractivity (Wildman–Crippen MR) is 77.0 cm³/mol. The van der Waals surface area contributed by atoms with Gasteiger partial charge in [-0.2, -0.15) is 13.2 Å². The summed E-state index contributed by atoms with van der Waals surface area (Å²) in [7, 11) is 0. The maximum absolute atomic E-state index is 12.4. The van der Waals surface area contributed by atoms with Gasteiger partial charge in [0, 0.05) is 0 Å². The quantitative estimate of drug-likeness (QED) is 0.600. The van der Waals surface area contributed by atoms with Gasteiger partial charge in [-0.1, -0.05) is 16.9 Å². The lowest BCUT2D eigenvalue weighted by Gasteiger charge is -2.12. The second-order valence-electron chi connectivity index (χ2n) is 4.54. The number of halogens is 3. The van der Waals surface area contributed by atoms with E-state index in [4.69, 9.17) is 5.21 Å². The molecule has 0 bridgehead atoms. The third-order valence-electron chi connectivity index (χ3n) is 2.55. The molecule has 0 radical (unpaired) electrons. The molecule has 0 unspecified atom stereocenters. The molecule has 20 heavy (non-hydrogen) atoms. The summed E-state index contributed by atoms with van der Waals surface area (Å²) in [6, 6.07) is 4.63. The fourth-order valence-electron chi connectivity index (χ4n) is 1.51. The van der Waals surface area contributed by atoms with Crippen LogP contribution in [0, 0.1) is 0 Å². The van der Waals surface area contributed by atoms with Crippen LogP contribution in [0.3, 0.4) is 0 Å². The van der Waals surface area contributed by atoms with Crippen LogP contribution >= 0.6 is 23.5 Å². The Kier molecular flexibility index (Phi) is 4.06. The van der Waals surface area contributed by atoms with Crippen LogP contribution in [0.1, 0.15) is 19.4 Å². The van der Waals surface area contributed by atoms with Gasteiger partial charge < -0.3 is 5.21 Å². The predicted octanol–water partition coefficient (Wildman–Crippen LogP) is 4.74. The van der Waals surface area contributed by atoms with Gasteiger partial charge in [-0.05, 0) is 49.9 Å². The molecule has 108 valence electrons. The van der Waals surface area contributed by atoms with E-state index in [-0.39, 0.29) is 4.75 Å². The molecule has 1 saturated heterocycles. The molecule has 0 atom stereocenters. The van der Waals surface area contributed by atoms with E-state index >= 15 is 0 Å². The topological polar surface area (TPSA) is 45.0 Å². The Bertz CT molecular complexity index is 565. The number of oxime groups is 1. The number of nitrogens with zero attached hydrogens (tertiary/aromatic N) is 2. The maximum atomic E-state index is 12.4. The van der Waals surface area contributed by atoms with Crippen molar-refractivity contribution in [2.45, 2.75) is 24.8 Å². The minimum absolute atomic E-state index is 0.385. The second kappa shape index (κ2) is 5.33. The van der Waals surface area contributed by atoms with Gasteiger partial charge in [0.2, 0.25) is 0 Å². The van der Waals surface area contributed by atoms with E-state index in [9.17, 15) is 13.2 Å². The van der Waals surface area contributed by atoms with Crippen LogP contribution in [0.4, 0.5) is 18.9 Å². The molecule has 8 heteroatoms. The number of alkyl halides is 3. The lowest BCUT2D eigenvalue weighted by Crippen LogP contribution is -2.19. The Hall–Kier alpha value is -1.15. The van der Waals surface area contributed by atoms with Gasteiger partial charge in [0.25, 0.3) is 0 Å². The van der Waals surface area contributed by atoms with Gasteiger partial charge in [-0.25, -0.2) is 4.99 Å². The second-order valence-corrected chi connectivity index (χ2v) is 7.39. The Balaban J connectivity index is 2.21. The first kappa shape index (κ1) is 15.2. The summed E-state index contributed by atoms with van der Waals surface area (Å²) in [4.78, 5) is 4.26.